The number of aryl methyl sites for hydroxylation is 2. The van der Waals surface area contributed by atoms with Gasteiger partial charge in [0.05, 0.1) is 33.3 Å². The molecule has 0 spiro atoms. The van der Waals surface area contributed by atoms with E-state index in [1.807, 2.05) is 0 Å². The maximum atomic E-state index is 13.2. The summed E-state index contributed by atoms with van der Waals surface area (Å²) in [4.78, 5) is 34.5. The highest BCUT2D eigenvalue weighted by atomic mass is 32.2. The first-order valence-electron chi connectivity index (χ1n) is 9.03. The Bertz CT molecular complexity index is 1210. The number of carbonyl (C=O) groups is 1. The zero-order chi connectivity index (χ0) is 22.2. The number of rotatable bonds is 5. The first-order valence-corrected chi connectivity index (χ1v) is 11.9. The predicted octanol–water partition coefficient (Wildman–Crippen LogP) is 4.40. The van der Waals surface area contributed by atoms with Gasteiger partial charge >= 0.3 is 6.18 Å². The predicted molar refractivity (Wildman–Crippen MR) is 115 cm³/mol. The number of fused-ring (bicyclic) bond motifs is 1. The third-order valence-electron chi connectivity index (χ3n) is 4.30. The van der Waals surface area contributed by atoms with E-state index in [9.17, 15) is 22.8 Å². The van der Waals surface area contributed by atoms with Crippen LogP contribution in [-0.2, 0) is 17.4 Å². The van der Waals surface area contributed by atoms with Crippen LogP contribution >= 0.6 is 34.9 Å². The molecular formula is C19H15F3N4O2S3. The highest BCUT2D eigenvalue weighted by molar-refractivity contribution is 8.00. The van der Waals surface area contributed by atoms with Crippen molar-refractivity contribution in [1.82, 2.24) is 14.5 Å². The van der Waals surface area contributed by atoms with Crippen LogP contribution < -0.4 is 10.9 Å². The van der Waals surface area contributed by atoms with Crippen molar-refractivity contribution < 1.29 is 18.0 Å². The molecule has 0 fully saturated rings. The zero-order valence-electron chi connectivity index (χ0n) is 16.0. The lowest BCUT2D eigenvalue weighted by molar-refractivity contribution is -0.137. The van der Waals surface area contributed by atoms with Gasteiger partial charge in [-0.25, -0.2) is 9.97 Å². The number of thioether (sulfide) groups is 2. The van der Waals surface area contributed by atoms with Crippen LogP contribution in [0.1, 0.15) is 17.0 Å². The summed E-state index contributed by atoms with van der Waals surface area (Å²) in [6.07, 6.45) is -3.95. The summed E-state index contributed by atoms with van der Waals surface area (Å²) < 4.78 is 40.7. The fourth-order valence-electron chi connectivity index (χ4n) is 2.93. The number of carbonyl (C=O) groups excluding carboxylic acids is 1. The molecule has 12 heteroatoms. The van der Waals surface area contributed by atoms with Crippen LogP contribution in [0.5, 0.6) is 0 Å². The molecule has 1 aliphatic rings. The van der Waals surface area contributed by atoms with E-state index in [2.05, 4.69) is 15.3 Å². The Morgan fingerprint density at radius 3 is 2.84 bits per heavy atom. The van der Waals surface area contributed by atoms with Crippen LogP contribution in [0, 0.1) is 6.92 Å². The van der Waals surface area contributed by atoms with Gasteiger partial charge in [-0.15, -0.1) is 23.1 Å². The number of halogens is 3. The second-order valence-corrected chi connectivity index (χ2v) is 9.49. The largest absolute Gasteiger partial charge is 0.416 e. The second kappa shape index (κ2) is 8.67. The number of hydrogen-bond acceptors (Lipinski definition) is 7. The third kappa shape index (κ3) is 4.80. The fourth-order valence-corrected chi connectivity index (χ4v) is 5.49. The summed E-state index contributed by atoms with van der Waals surface area (Å²) >= 11 is 3.62. The molecule has 4 rings (SSSR count). The lowest BCUT2D eigenvalue weighted by Crippen LogP contribution is -2.25. The monoisotopic (exact) mass is 484 g/mol. The van der Waals surface area contributed by atoms with E-state index in [1.165, 1.54) is 35.2 Å². The van der Waals surface area contributed by atoms with Gasteiger partial charge in [-0.2, -0.15) is 13.2 Å². The molecule has 1 aromatic carbocycles. The Labute approximate surface area is 187 Å². The second-order valence-electron chi connectivity index (χ2n) is 6.59. The van der Waals surface area contributed by atoms with Crippen molar-refractivity contribution in [2.24, 2.45) is 0 Å². The SMILES string of the molecule is Cc1csc(NC(=O)CSc2nc3c(c(=O)n2-c2cccc(C(F)(F)F)c2)SCC3)n1. The molecule has 0 atom stereocenters. The van der Waals surface area contributed by atoms with Gasteiger partial charge in [-0.3, -0.25) is 14.2 Å². The average Bonchev–Trinajstić information content (AvgIpc) is 3.35. The lowest BCUT2D eigenvalue weighted by Gasteiger charge is -2.15. The van der Waals surface area contributed by atoms with Gasteiger partial charge in [0.2, 0.25) is 5.91 Å². The number of nitrogens with one attached hydrogen (secondary N) is 1. The Kier molecular flexibility index (Phi) is 6.13. The van der Waals surface area contributed by atoms with E-state index in [1.54, 1.807) is 12.3 Å². The summed E-state index contributed by atoms with van der Waals surface area (Å²) in [5.41, 5.74) is 0.157. The Hall–Kier alpha value is -2.31. The summed E-state index contributed by atoms with van der Waals surface area (Å²) in [6.45, 7) is 1.81. The van der Waals surface area contributed by atoms with E-state index in [4.69, 9.17) is 0 Å². The van der Waals surface area contributed by atoms with Crippen molar-refractivity contribution in [3.63, 3.8) is 0 Å². The molecule has 0 saturated heterocycles. The van der Waals surface area contributed by atoms with Gasteiger partial charge < -0.3 is 5.32 Å². The molecule has 1 aliphatic heterocycles. The van der Waals surface area contributed by atoms with E-state index in [0.29, 0.717) is 27.9 Å². The molecular weight excluding hydrogens is 469 g/mol. The summed E-state index contributed by atoms with van der Waals surface area (Å²) in [7, 11) is 0. The smallest absolute Gasteiger partial charge is 0.301 e. The topological polar surface area (TPSA) is 76.9 Å². The standard InChI is InChI=1S/C19H15F3N4O2S3/c1-10-8-30-17(23-10)25-14(27)9-31-18-24-13-5-6-29-15(13)16(28)26(18)12-4-2-3-11(7-12)19(20,21)22/h2-4,7-8H,5-6,9H2,1H3,(H,23,25,27). The quantitative estimate of drug-likeness (QED) is 0.428. The number of aromatic nitrogens is 3. The number of thiazole rings is 1. The minimum Gasteiger partial charge on any atom is -0.301 e. The summed E-state index contributed by atoms with van der Waals surface area (Å²) in [6, 6.07) is 4.53. The lowest BCUT2D eigenvalue weighted by atomic mass is 10.2. The molecule has 3 aromatic rings. The summed E-state index contributed by atoms with van der Waals surface area (Å²) in [5.74, 6) is 0.257. The van der Waals surface area contributed by atoms with Crippen molar-refractivity contribution in [3.8, 4) is 5.69 Å². The summed E-state index contributed by atoms with van der Waals surface area (Å²) in [5, 5.41) is 5.10. The Morgan fingerprint density at radius 2 is 2.13 bits per heavy atom. The number of benzene rings is 1. The minimum absolute atomic E-state index is 0.0566. The van der Waals surface area contributed by atoms with E-state index >= 15 is 0 Å². The van der Waals surface area contributed by atoms with Crippen molar-refractivity contribution in [2.75, 3.05) is 16.8 Å². The molecule has 1 N–H and O–H groups in total. The number of nitrogens with zero attached hydrogens (tertiary/aromatic N) is 3. The third-order valence-corrected chi connectivity index (χ3v) is 7.22. The first kappa shape index (κ1) is 21.9. The van der Waals surface area contributed by atoms with Gasteiger partial charge in [0.1, 0.15) is 0 Å². The van der Waals surface area contributed by atoms with Gasteiger partial charge in [0.25, 0.3) is 5.56 Å². The Balaban J connectivity index is 1.67. The minimum atomic E-state index is -4.54. The van der Waals surface area contributed by atoms with E-state index in [-0.39, 0.29) is 22.5 Å². The maximum Gasteiger partial charge on any atom is 0.416 e. The van der Waals surface area contributed by atoms with Crippen LogP contribution in [0.25, 0.3) is 5.69 Å². The molecule has 0 aliphatic carbocycles. The molecule has 0 bridgehead atoms. The first-order chi connectivity index (χ1) is 14.7. The van der Waals surface area contributed by atoms with Crippen LogP contribution in [0.15, 0.2) is 44.5 Å². The highest BCUT2D eigenvalue weighted by Crippen LogP contribution is 2.33. The number of hydrogen-bond donors (Lipinski definition) is 1. The van der Waals surface area contributed by atoms with Crippen LogP contribution in [0.2, 0.25) is 0 Å². The molecule has 1 amide bonds. The van der Waals surface area contributed by atoms with E-state index in [0.717, 1.165) is 34.2 Å². The maximum absolute atomic E-state index is 13.2. The van der Waals surface area contributed by atoms with Crippen LogP contribution in [0.3, 0.4) is 0 Å². The molecule has 0 unspecified atom stereocenters. The van der Waals surface area contributed by atoms with E-state index < -0.39 is 17.3 Å². The van der Waals surface area contributed by atoms with Gasteiger partial charge in [0.15, 0.2) is 10.3 Å². The van der Waals surface area contributed by atoms with Gasteiger partial charge in [0, 0.05) is 17.6 Å². The van der Waals surface area contributed by atoms with Crippen molar-refractivity contribution >= 4 is 45.9 Å². The molecule has 2 aromatic heterocycles. The highest BCUT2D eigenvalue weighted by Gasteiger charge is 2.31. The van der Waals surface area contributed by atoms with Gasteiger partial charge in [-0.1, -0.05) is 17.8 Å². The van der Waals surface area contributed by atoms with Crippen LogP contribution in [0.4, 0.5) is 18.3 Å². The number of anilines is 1. The average molecular weight is 485 g/mol. The molecule has 6 nitrogen and oxygen atoms in total. The molecule has 31 heavy (non-hydrogen) atoms. The van der Waals surface area contributed by atoms with Crippen molar-refractivity contribution in [3.05, 3.63) is 57.0 Å². The van der Waals surface area contributed by atoms with Crippen molar-refractivity contribution in [2.45, 2.75) is 29.6 Å². The van der Waals surface area contributed by atoms with Crippen molar-refractivity contribution in [1.29, 1.82) is 0 Å². The number of amides is 1. The van der Waals surface area contributed by atoms with Crippen LogP contribution in [-0.4, -0.2) is 31.9 Å². The Morgan fingerprint density at radius 1 is 1.32 bits per heavy atom. The fraction of sp³-hybridized carbons (Fsp3) is 0.263. The van der Waals surface area contributed by atoms with Gasteiger partial charge in [-0.05, 0) is 25.1 Å². The number of alkyl halides is 3. The molecule has 0 saturated carbocycles. The normalized spacial score (nSPS) is 13.3. The molecule has 162 valence electrons. The molecule has 3 heterocycles. The zero-order valence-corrected chi connectivity index (χ0v) is 18.5. The molecule has 0 radical (unpaired) electrons.